The van der Waals surface area contributed by atoms with Gasteiger partial charge in [-0.1, -0.05) is 18.2 Å². The van der Waals surface area contributed by atoms with Crippen molar-refractivity contribution in [1.82, 2.24) is 15.0 Å². The highest BCUT2D eigenvalue weighted by molar-refractivity contribution is 5.81. The molecule has 26 heavy (non-hydrogen) atoms. The molecule has 0 spiro atoms. The lowest BCUT2D eigenvalue weighted by atomic mass is 10.2. The first-order valence-corrected chi connectivity index (χ1v) is 7.99. The average molecular weight is 342 g/mol. The number of nitrogens with zero attached hydrogens (tertiary/aromatic N) is 4. The molecular weight excluding hydrogens is 328 g/mol. The maximum atomic E-state index is 9.60. The predicted molar refractivity (Wildman–Crippen MR) is 96.8 cm³/mol. The number of benzene rings is 1. The van der Waals surface area contributed by atoms with Crippen LogP contribution >= 0.6 is 0 Å². The van der Waals surface area contributed by atoms with Gasteiger partial charge in [0.1, 0.15) is 11.6 Å². The number of ether oxygens (including phenoxy) is 1. The summed E-state index contributed by atoms with van der Waals surface area (Å²) in [5.74, 6) is 1.46. The lowest BCUT2D eigenvalue weighted by molar-refractivity contribution is 0.460. The SMILES string of the molecule is N#CC(=C1Nc2ccccc2O1)c1ccnc(NCc2ccccn2)n1. The number of hydrogen-bond donors (Lipinski definition) is 2. The van der Waals surface area contributed by atoms with Gasteiger partial charge >= 0.3 is 0 Å². The number of rotatable bonds is 4. The number of hydrogen-bond acceptors (Lipinski definition) is 7. The number of fused-ring (bicyclic) bond motifs is 1. The van der Waals surface area contributed by atoms with Crippen molar-refractivity contribution in [1.29, 1.82) is 5.26 Å². The molecule has 1 aliphatic rings. The van der Waals surface area contributed by atoms with Crippen LogP contribution in [-0.2, 0) is 6.54 Å². The van der Waals surface area contributed by atoms with Crippen LogP contribution in [0.15, 0.2) is 66.8 Å². The van der Waals surface area contributed by atoms with Crippen molar-refractivity contribution < 1.29 is 4.74 Å². The topological polar surface area (TPSA) is 95.8 Å². The third-order valence-electron chi connectivity index (χ3n) is 3.75. The van der Waals surface area contributed by atoms with Crippen LogP contribution in [0.3, 0.4) is 0 Å². The number of allylic oxidation sites excluding steroid dienone is 1. The highest BCUT2D eigenvalue weighted by Gasteiger charge is 2.21. The summed E-state index contributed by atoms with van der Waals surface area (Å²) in [5.41, 5.74) is 2.47. The Morgan fingerprint density at radius 2 is 1.96 bits per heavy atom. The minimum Gasteiger partial charge on any atom is -0.437 e. The fraction of sp³-hybridized carbons (Fsp3) is 0.0526. The Morgan fingerprint density at radius 1 is 1.08 bits per heavy atom. The van der Waals surface area contributed by atoms with E-state index < -0.39 is 0 Å². The molecule has 0 unspecified atom stereocenters. The summed E-state index contributed by atoms with van der Waals surface area (Å²) in [5, 5.41) is 15.8. The summed E-state index contributed by atoms with van der Waals surface area (Å²) in [6, 6.07) is 17.0. The smallest absolute Gasteiger partial charge is 0.223 e. The number of nitrogens with one attached hydrogen (secondary N) is 2. The molecule has 0 amide bonds. The molecule has 2 aromatic heterocycles. The van der Waals surface area contributed by atoms with Crippen molar-refractivity contribution in [3.05, 3.63) is 78.2 Å². The largest absolute Gasteiger partial charge is 0.437 e. The molecule has 126 valence electrons. The van der Waals surface area contributed by atoms with Gasteiger partial charge in [-0.05, 0) is 30.3 Å². The Balaban J connectivity index is 1.57. The number of aromatic nitrogens is 3. The van der Waals surface area contributed by atoms with Gasteiger partial charge in [-0.3, -0.25) is 4.98 Å². The molecule has 3 aromatic rings. The van der Waals surface area contributed by atoms with Crippen molar-refractivity contribution >= 4 is 17.2 Å². The lowest BCUT2D eigenvalue weighted by Gasteiger charge is -2.07. The standard InChI is InChI=1S/C19H14N6O/c20-11-14(18-24-16-6-1-2-7-17(16)26-18)15-8-10-22-19(25-15)23-12-13-5-3-4-9-21-13/h1-10,24H,12H2,(H,22,23,25). The minimum absolute atomic E-state index is 0.310. The van der Waals surface area contributed by atoms with Gasteiger partial charge in [-0.25, -0.2) is 9.97 Å². The van der Waals surface area contributed by atoms with Crippen molar-refractivity contribution in [2.45, 2.75) is 6.54 Å². The van der Waals surface area contributed by atoms with Gasteiger partial charge in [-0.2, -0.15) is 5.26 Å². The maximum Gasteiger partial charge on any atom is 0.223 e. The van der Waals surface area contributed by atoms with E-state index >= 15 is 0 Å². The molecule has 0 radical (unpaired) electrons. The highest BCUT2D eigenvalue weighted by Crippen LogP contribution is 2.35. The van der Waals surface area contributed by atoms with Crippen molar-refractivity contribution in [2.75, 3.05) is 10.6 Å². The third-order valence-corrected chi connectivity index (χ3v) is 3.75. The van der Waals surface area contributed by atoms with Gasteiger partial charge < -0.3 is 15.4 Å². The molecule has 7 nitrogen and oxygen atoms in total. The summed E-state index contributed by atoms with van der Waals surface area (Å²) in [6.45, 7) is 0.489. The molecule has 1 aromatic carbocycles. The van der Waals surface area contributed by atoms with Crippen molar-refractivity contribution in [3.63, 3.8) is 0 Å². The van der Waals surface area contributed by atoms with Gasteiger partial charge in [0.2, 0.25) is 11.8 Å². The van der Waals surface area contributed by atoms with Gasteiger partial charge in [0.05, 0.1) is 23.6 Å². The number of anilines is 2. The van der Waals surface area contributed by atoms with E-state index in [1.165, 1.54) is 0 Å². The Hall–Kier alpha value is -3.92. The van der Waals surface area contributed by atoms with Crippen LogP contribution in [0.5, 0.6) is 5.75 Å². The van der Waals surface area contributed by atoms with E-state index in [0.717, 1.165) is 11.4 Å². The zero-order valence-electron chi connectivity index (χ0n) is 13.7. The molecule has 0 saturated heterocycles. The van der Waals surface area contributed by atoms with Gasteiger partial charge in [0, 0.05) is 12.4 Å². The maximum absolute atomic E-state index is 9.60. The normalized spacial score (nSPS) is 13.8. The third kappa shape index (κ3) is 3.16. The second kappa shape index (κ2) is 6.91. The fourth-order valence-electron chi connectivity index (χ4n) is 2.51. The Morgan fingerprint density at radius 3 is 2.77 bits per heavy atom. The summed E-state index contributed by atoms with van der Waals surface area (Å²) in [7, 11) is 0. The summed E-state index contributed by atoms with van der Waals surface area (Å²) < 4.78 is 5.74. The van der Waals surface area contributed by atoms with E-state index in [4.69, 9.17) is 4.74 Å². The molecule has 7 heteroatoms. The first-order valence-electron chi connectivity index (χ1n) is 7.99. The molecule has 0 aliphatic carbocycles. The molecule has 3 heterocycles. The van der Waals surface area contributed by atoms with E-state index in [1.807, 2.05) is 42.5 Å². The quantitative estimate of drug-likeness (QED) is 0.703. The van der Waals surface area contributed by atoms with Crippen LogP contribution in [0.2, 0.25) is 0 Å². The minimum atomic E-state index is 0.310. The van der Waals surface area contributed by atoms with E-state index in [-0.39, 0.29) is 0 Å². The average Bonchev–Trinajstić information content (AvgIpc) is 3.12. The first kappa shape index (κ1) is 15.6. The number of para-hydroxylation sites is 2. The predicted octanol–water partition coefficient (Wildman–Crippen LogP) is 3.18. The molecule has 0 bridgehead atoms. The summed E-state index contributed by atoms with van der Waals surface area (Å²) in [6.07, 6.45) is 3.33. The molecule has 2 N–H and O–H groups in total. The van der Waals surface area contributed by atoms with Crippen molar-refractivity contribution in [3.8, 4) is 11.8 Å². The molecule has 4 rings (SSSR count). The Bertz CT molecular complexity index is 983. The van der Waals surface area contributed by atoms with E-state index in [0.29, 0.717) is 35.4 Å². The number of nitriles is 1. The molecule has 0 saturated carbocycles. The van der Waals surface area contributed by atoms with Crippen LogP contribution in [0.25, 0.3) is 5.57 Å². The van der Waals surface area contributed by atoms with Gasteiger partial charge in [0.15, 0.2) is 5.75 Å². The number of pyridine rings is 1. The monoisotopic (exact) mass is 342 g/mol. The highest BCUT2D eigenvalue weighted by atomic mass is 16.5. The first-order chi connectivity index (χ1) is 12.8. The summed E-state index contributed by atoms with van der Waals surface area (Å²) in [4.78, 5) is 12.9. The lowest BCUT2D eigenvalue weighted by Crippen LogP contribution is -2.07. The van der Waals surface area contributed by atoms with Crippen LogP contribution in [0.1, 0.15) is 11.4 Å². The molecular formula is C19H14N6O. The van der Waals surface area contributed by atoms with E-state index in [9.17, 15) is 5.26 Å². The van der Waals surface area contributed by atoms with E-state index in [1.54, 1.807) is 18.5 Å². The fourth-order valence-corrected chi connectivity index (χ4v) is 2.51. The molecule has 0 fully saturated rings. The Labute approximate surface area is 150 Å². The zero-order chi connectivity index (χ0) is 17.8. The summed E-state index contributed by atoms with van der Waals surface area (Å²) >= 11 is 0. The Kier molecular flexibility index (Phi) is 4.14. The van der Waals surface area contributed by atoms with E-state index in [2.05, 4.69) is 31.7 Å². The molecule has 0 atom stereocenters. The van der Waals surface area contributed by atoms with Crippen LogP contribution < -0.4 is 15.4 Å². The second-order valence-corrected chi connectivity index (χ2v) is 5.48. The van der Waals surface area contributed by atoms with Gasteiger partial charge in [-0.15, -0.1) is 0 Å². The van der Waals surface area contributed by atoms with Crippen LogP contribution in [-0.4, -0.2) is 15.0 Å². The van der Waals surface area contributed by atoms with Crippen molar-refractivity contribution in [2.24, 2.45) is 0 Å². The van der Waals surface area contributed by atoms with Crippen LogP contribution in [0.4, 0.5) is 11.6 Å². The zero-order valence-corrected chi connectivity index (χ0v) is 13.7. The van der Waals surface area contributed by atoms with Crippen LogP contribution in [0, 0.1) is 11.3 Å². The second-order valence-electron chi connectivity index (χ2n) is 5.48. The molecule has 1 aliphatic heterocycles. The van der Waals surface area contributed by atoms with Gasteiger partial charge in [0.25, 0.3) is 0 Å².